The van der Waals surface area contributed by atoms with E-state index in [2.05, 4.69) is 10.3 Å². The van der Waals surface area contributed by atoms with Crippen LogP contribution in [0.2, 0.25) is 0 Å². The molecule has 2 rings (SSSR count). The summed E-state index contributed by atoms with van der Waals surface area (Å²) in [7, 11) is 1.55. The zero-order valence-corrected chi connectivity index (χ0v) is 10.3. The molecule has 0 bridgehead atoms. The summed E-state index contributed by atoms with van der Waals surface area (Å²) in [6, 6.07) is 5.34. The second kappa shape index (κ2) is 5.35. The molecule has 94 valence electrons. The number of carbonyl (C=O) groups is 1. The maximum Gasteiger partial charge on any atom is 0.287 e. The van der Waals surface area contributed by atoms with Gasteiger partial charge < -0.3 is 14.5 Å². The molecule has 0 fully saturated rings. The second-order valence-electron chi connectivity index (χ2n) is 3.82. The zero-order valence-electron chi connectivity index (χ0n) is 10.3. The summed E-state index contributed by atoms with van der Waals surface area (Å²) in [5.41, 5.74) is 1.74. The number of furan rings is 1. The van der Waals surface area contributed by atoms with E-state index in [1.807, 2.05) is 13.0 Å². The molecule has 0 saturated heterocycles. The van der Waals surface area contributed by atoms with Crippen LogP contribution in [0, 0.1) is 6.92 Å². The number of methoxy groups -OCH3 is 1. The Hall–Kier alpha value is -2.30. The van der Waals surface area contributed by atoms with E-state index in [4.69, 9.17) is 9.15 Å². The van der Waals surface area contributed by atoms with Gasteiger partial charge in [0.15, 0.2) is 5.76 Å². The van der Waals surface area contributed by atoms with Crippen molar-refractivity contribution in [2.45, 2.75) is 13.5 Å². The third-order valence-corrected chi connectivity index (χ3v) is 2.53. The highest BCUT2D eigenvalue weighted by Gasteiger charge is 2.11. The van der Waals surface area contributed by atoms with Crippen molar-refractivity contribution >= 4 is 5.91 Å². The van der Waals surface area contributed by atoms with E-state index in [-0.39, 0.29) is 5.91 Å². The quantitative estimate of drug-likeness (QED) is 0.895. The van der Waals surface area contributed by atoms with Gasteiger partial charge in [-0.25, -0.2) is 4.98 Å². The van der Waals surface area contributed by atoms with Crippen LogP contribution in [0.5, 0.6) is 5.88 Å². The number of ether oxygens (including phenoxy) is 1. The maximum absolute atomic E-state index is 11.8. The molecule has 0 aromatic carbocycles. The van der Waals surface area contributed by atoms with E-state index in [0.717, 1.165) is 11.1 Å². The summed E-state index contributed by atoms with van der Waals surface area (Å²) < 4.78 is 10.1. The largest absolute Gasteiger partial charge is 0.481 e. The Morgan fingerprint density at radius 3 is 3.00 bits per heavy atom. The van der Waals surface area contributed by atoms with Crippen molar-refractivity contribution in [3.63, 3.8) is 0 Å². The summed E-state index contributed by atoms with van der Waals surface area (Å²) in [4.78, 5) is 15.8. The number of rotatable bonds is 4. The van der Waals surface area contributed by atoms with E-state index >= 15 is 0 Å². The molecule has 0 aliphatic carbocycles. The summed E-state index contributed by atoms with van der Waals surface area (Å²) in [5.74, 6) is 0.639. The third kappa shape index (κ3) is 2.68. The van der Waals surface area contributed by atoms with Crippen LogP contribution in [0.4, 0.5) is 0 Å². The predicted molar refractivity (Wildman–Crippen MR) is 65.4 cm³/mol. The van der Waals surface area contributed by atoms with E-state index in [1.165, 1.54) is 6.26 Å². The smallest absolute Gasteiger partial charge is 0.287 e. The van der Waals surface area contributed by atoms with E-state index in [1.54, 1.807) is 25.4 Å². The van der Waals surface area contributed by atoms with E-state index in [0.29, 0.717) is 18.2 Å². The van der Waals surface area contributed by atoms with Gasteiger partial charge in [-0.3, -0.25) is 4.79 Å². The molecule has 0 aliphatic heterocycles. The lowest BCUT2D eigenvalue weighted by molar-refractivity contribution is 0.0922. The fourth-order valence-electron chi connectivity index (χ4n) is 1.54. The van der Waals surface area contributed by atoms with Crippen LogP contribution in [-0.4, -0.2) is 18.0 Å². The standard InChI is InChI=1S/C13H14N2O3/c1-9-4-6-18-12(9)13(16)15-8-10-3-5-14-11(7-10)17-2/h3-7H,8H2,1-2H3,(H,15,16). The maximum atomic E-state index is 11.8. The van der Waals surface area contributed by atoms with Gasteiger partial charge >= 0.3 is 0 Å². The van der Waals surface area contributed by atoms with Gasteiger partial charge in [-0.1, -0.05) is 0 Å². The Labute approximate surface area is 105 Å². The number of amides is 1. The van der Waals surface area contributed by atoms with Gasteiger partial charge in [0, 0.05) is 24.4 Å². The Balaban J connectivity index is 1.99. The van der Waals surface area contributed by atoms with Gasteiger partial charge in [-0.05, 0) is 24.6 Å². The molecular formula is C13H14N2O3. The van der Waals surface area contributed by atoms with E-state index < -0.39 is 0 Å². The molecule has 2 aromatic heterocycles. The molecule has 0 aliphatic rings. The topological polar surface area (TPSA) is 64.4 Å². The first kappa shape index (κ1) is 12.2. The molecule has 5 nitrogen and oxygen atoms in total. The van der Waals surface area contributed by atoms with Crippen molar-refractivity contribution in [1.82, 2.24) is 10.3 Å². The van der Waals surface area contributed by atoms with Gasteiger partial charge in [-0.2, -0.15) is 0 Å². The van der Waals surface area contributed by atoms with E-state index in [9.17, 15) is 4.79 Å². The van der Waals surface area contributed by atoms with Crippen LogP contribution in [0.15, 0.2) is 35.1 Å². The lowest BCUT2D eigenvalue weighted by Gasteiger charge is -2.05. The fourth-order valence-corrected chi connectivity index (χ4v) is 1.54. The molecule has 0 unspecified atom stereocenters. The molecule has 0 spiro atoms. The van der Waals surface area contributed by atoms with Crippen molar-refractivity contribution in [2.75, 3.05) is 7.11 Å². The number of pyridine rings is 1. The SMILES string of the molecule is COc1cc(CNC(=O)c2occc2C)ccn1. The molecule has 5 heteroatoms. The normalized spacial score (nSPS) is 10.1. The van der Waals surface area contributed by atoms with Gasteiger partial charge in [0.25, 0.3) is 5.91 Å². The molecule has 0 atom stereocenters. The van der Waals surface area contributed by atoms with Gasteiger partial charge in [0.1, 0.15) is 0 Å². The summed E-state index contributed by atoms with van der Waals surface area (Å²) in [6.07, 6.45) is 3.14. The average Bonchev–Trinajstić information content (AvgIpc) is 2.82. The van der Waals surface area contributed by atoms with Crippen LogP contribution >= 0.6 is 0 Å². The van der Waals surface area contributed by atoms with Crippen LogP contribution in [0.1, 0.15) is 21.7 Å². The summed E-state index contributed by atoms with van der Waals surface area (Å²) >= 11 is 0. The van der Waals surface area contributed by atoms with Crippen LogP contribution in [0.3, 0.4) is 0 Å². The monoisotopic (exact) mass is 246 g/mol. The van der Waals surface area contributed by atoms with Crippen LogP contribution < -0.4 is 10.1 Å². The molecule has 1 N–H and O–H groups in total. The molecule has 0 saturated carbocycles. The second-order valence-corrected chi connectivity index (χ2v) is 3.82. The van der Waals surface area contributed by atoms with Crippen molar-refractivity contribution in [3.05, 3.63) is 47.5 Å². The van der Waals surface area contributed by atoms with Crippen molar-refractivity contribution < 1.29 is 13.9 Å². The third-order valence-electron chi connectivity index (χ3n) is 2.53. The molecule has 2 heterocycles. The number of nitrogens with one attached hydrogen (secondary N) is 1. The van der Waals surface area contributed by atoms with Gasteiger partial charge in [0.2, 0.25) is 5.88 Å². The minimum Gasteiger partial charge on any atom is -0.481 e. The zero-order chi connectivity index (χ0) is 13.0. The first-order chi connectivity index (χ1) is 8.70. The Morgan fingerprint density at radius 1 is 1.50 bits per heavy atom. The average molecular weight is 246 g/mol. The first-order valence-corrected chi connectivity index (χ1v) is 5.52. The number of aryl methyl sites for hydroxylation is 1. The van der Waals surface area contributed by atoms with Crippen molar-refractivity contribution in [2.24, 2.45) is 0 Å². The summed E-state index contributed by atoms with van der Waals surface area (Å²) in [5, 5.41) is 2.78. The van der Waals surface area contributed by atoms with Gasteiger partial charge in [0.05, 0.1) is 13.4 Å². The lowest BCUT2D eigenvalue weighted by atomic mass is 10.2. The minimum atomic E-state index is -0.228. The molecule has 0 radical (unpaired) electrons. The highest BCUT2D eigenvalue weighted by molar-refractivity contribution is 5.92. The Bertz CT molecular complexity index is 549. The molecule has 18 heavy (non-hydrogen) atoms. The Kier molecular flexibility index (Phi) is 3.62. The first-order valence-electron chi connectivity index (χ1n) is 5.52. The van der Waals surface area contributed by atoms with Crippen LogP contribution in [-0.2, 0) is 6.54 Å². The number of nitrogens with zero attached hydrogens (tertiary/aromatic N) is 1. The lowest BCUT2D eigenvalue weighted by Crippen LogP contribution is -2.22. The van der Waals surface area contributed by atoms with Crippen LogP contribution in [0.25, 0.3) is 0 Å². The van der Waals surface area contributed by atoms with Gasteiger partial charge in [-0.15, -0.1) is 0 Å². The molecular weight excluding hydrogens is 232 g/mol. The fraction of sp³-hybridized carbons (Fsp3) is 0.231. The highest BCUT2D eigenvalue weighted by Crippen LogP contribution is 2.10. The summed E-state index contributed by atoms with van der Waals surface area (Å²) in [6.45, 7) is 2.23. The molecule has 2 aromatic rings. The molecule has 1 amide bonds. The van der Waals surface area contributed by atoms with Crippen molar-refractivity contribution in [1.29, 1.82) is 0 Å². The number of hydrogen-bond donors (Lipinski definition) is 1. The number of carbonyl (C=O) groups excluding carboxylic acids is 1. The predicted octanol–water partition coefficient (Wildman–Crippen LogP) is 1.92. The highest BCUT2D eigenvalue weighted by atomic mass is 16.5. The Morgan fingerprint density at radius 2 is 2.33 bits per heavy atom. The van der Waals surface area contributed by atoms with Crippen molar-refractivity contribution in [3.8, 4) is 5.88 Å². The number of aromatic nitrogens is 1. The minimum absolute atomic E-state index is 0.228. The number of hydrogen-bond acceptors (Lipinski definition) is 4.